The number of aliphatic carboxylic acids is 1. The van der Waals surface area contributed by atoms with Crippen molar-refractivity contribution < 1.29 is 19.4 Å². The Morgan fingerprint density at radius 1 is 1.15 bits per heavy atom. The maximum absolute atomic E-state index is 12.4. The van der Waals surface area contributed by atoms with Crippen molar-refractivity contribution in [3.8, 4) is 5.75 Å². The molecule has 0 aliphatic rings. The van der Waals surface area contributed by atoms with Crippen molar-refractivity contribution in [3.63, 3.8) is 0 Å². The van der Waals surface area contributed by atoms with Gasteiger partial charge in [0.2, 0.25) is 0 Å². The summed E-state index contributed by atoms with van der Waals surface area (Å²) in [5, 5.41) is 19.7. The van der Waals surface area contributed by atoms with Crippen molar-refractivity contribution in [2.75, 3.05) is 11.9 Å². The molecule has 8 heteroatoms. The number of anilines is 1. The van der Waals surface area contributed by atoms with Crippen LogP contribution in [0.2, 0.25) is 0 Å². The van der Waals surface area contributed by atoms with E-state index in [9.17, 15) is 9.59 Å². The van der Waals surface area contributed by atoms with E-state index in [4.69, 9.17) is 21.0 Å². The molecule has 1 amide bonds. The third-order valence-electron chi connectivity index (χ3n) is 3.53. The molecule has 0 aliphatic heterocycles. The van der Waals surface area contributed by atoms with Crippen molar-refractivity contribution in [3.05, 3.63) is 59.0 Å². The molecule has 1 heterocycles. The Morgan fingerprint density at radius 2 is 1.88 bits per heavy atom. The highest BCUT2D eigenvalue weighted by Gasteiger charge is 2.12. The Kier molecular flexibility index (Phi) is 4.85. The molecule has 1 aromatic heterocycles. The molecule has 0 radical (unpaired) electrons. The highest BCUT2D eigenvalue weighted by molar-refractivity contribution is 7.20. The van der Waals surface area contributed by atoms with Crippen LogP contribution in [0, 0.1) is 5.41 Å². The number of hydrogen-bond acceptors (Lipinski definition) is 5. The van der Waals surface area contributed by atoms with Gasteiger partial charge in [0.05, 0.1) is 4.88 Å². The van der Waals surface area contributed by atoms with Gasteiger partial charge in [0.15, 0.2) is 6.61 Å². The van der Waals surface area contributed by atoms with Gasteiger partial charge in [-0.05, 0) is 53.9 Å². The lowest BCUT2D eigenvalue weighted by atomic mass is 10.1. The Hall–Kier alpha value is -3.39. The van der Waals surface area contributed by atoms with Gasteiger partial charge in [0.25, 0.3) is 5.91 Å². The SMILES string of the molecule is N=C(N)c1ccc2sc(C(=O)Nc3ccc(OCC(=O)O)cc3)cc2c1. The molecule has 0 aliphatic carbocycles. The predicted octanol–water partition coefficient (Wildman–Crippen LogP) is 2.90. The molecule has 0 fully saturated rings. The zero-order chi connectivity index (χ0) is 18.7. The Labute approximate surface area is 152 Å². The van der Waals surface area contributed by atoms with Gasteiger partial charge in [0, 0.05) is 16.0 Å². The van der Waals surface area contributed by atoms with Crippen LogP contribution in [0.15, 0.2) is 48.5 Å². The molecule has 2 aromatic carbocycles. The average Bonchev–Trinajstić information content (AvgIpc) is 3.04. The van der Waals surface area contributed by atoms with Crippen molar-refractivity contribution in [2.24, 2.45) is 5.73 Å². The second-order valence-corrected chi connectivity index (χ2v) is 6.52. The zero-order valence-corrected chi connectivity index (χ0v) is 14.3. The fourth-order valence-electron chi connectivity index (χ4n) is 2.30. The standard InChI is InChI=1S/C18H15N3O4S/c19-17(20)10-1-6-14-11(7-10)8-15(26-14)18(24)21-12-2-4-13(5-3-12)25-9-16(22)23/h1-8H,9H2,(H3,19,20)(H,21,24)(H,22,23). The molecular formula is C18H15N3O4S. The summed E-state index contributed by atoms with van der Waals surface area (Å²) in [6.45, 7) is -0.421. The van der Waals surface area contributed by atoms with Crippen LogP contribution in [-0.4, -0.2) is 29.4 Å². The van der Waals surface area contributed by atoms with Gasteiger partial charge in [0.1, 0.15) is 11.6 Å². The zero-order valence-electron chi connectivity index (χ0n) is 13.5. The first-order valence-electron chi connectivity index (χ1n) is 7.56. The molecule has 0 spiro atoms. The van der Waals surface area contributed by atoms with Gasteiger partial charge >= 0.3 is 5.97 Å². The van der Waals surface area contributed by atoms with Crippen molar-refractivity contribution in [2.45, 2.75) is 0 Å². The smallest absolute Gasteiger partial charge is 0.341 e. The monoisotopic (exact) mass is 369 g/mol. The number of thiophene rings is 1. The van der Waals surface area contributed by atoms with Crippen molar-refractivity contribution >= 4 is 44.8 Å². The Balaban J connectivity index is 1.72. The van der Waals surface area contributed by atoms with Crippen LogP contribution in [0.5, 0.6) is 5.75 Å². The van der Waals surface area contributed by atoms with E-state index in [1.807, 2.05) is 6.07 Å². The number of carbonyl (C=O) groups is 2. The number of carboxylic acid groups (broad SMARTS) is 1. The lowest BCUT2D eigenvalue weighted by molar-refractivity contribution is -0.139. The topological polar surface area (TPSA) is 126 Å². The van der Waals surface area contributed by atoms with Crippen LogP contribution in [0.1, 0.15) is 15.2 Å². The number of carbonyl (C=O) groups excluding carboxylic acids is 1. The molecule has 0 saturated heterocycles. The number of nitrogens with one attached hydrogen (secondary N) is 2. The third kappa shape index (κ3) is 3.98. The summed E-state index contributed by atoms with van der Waals surface area (Å²) >= 11 is 1.35. The number of amidine groups is 1. The third-order valence-corrected chi connectivity index (χ3v) is 4.64. The number of rotatable bonds is 6. The van der Waals surface area contributed by atoms with Gasteiger partial charge in [-0.2, -0.15) is 0 Å². The maximum atomic E-state index is 12.4. The van der Waals surface area contributed by atoms with Crippen LogP contribution >= 0.6 is 11.3 Å². The highest BCUT2D eigenvalue weighted by atomic mass is 32.1. The largest absolute Gasteiger partial charge is 0.482 e. The number of carboxylic acids is 1. The van der Waals surface area contributed by atoms with Crippen molar-refractivity contribution in [1.29, 1.82) is 5.41 Å². The molecule has 0 saturated carbocycles. The van der Waals surface area contributed by atoms with Crippen LogP contribution in [0.4, 0.5) is 5.69 Å². The van der Waals surface area contributed by atoms with E-state index in [0.717, 1.165) is 10.1 Å². The minimum atomic E-state index is -1.06. The minimum Gasteiger partial charge on any atom is -0.482 e. The first-order valence-corrected chi connectivity index (χ1v) is 8.38. The van der Waals surface area contributed by atoms with E-state index in [1.165, 1.54) is 11.3 Å². The number of amides is 1. The Morgan fingerprint density at radius 3 is 2.54 bits per heavy atom. The quantitative estimate of drug-likeness (QED) is 0.393. The average molecular weight is 369 g/mol. The molecule has 0 bridgehead atoms. The molecule has 0 unspecified atom stereocenters. The molecule has 0 atom stereocenters. The highest BCUT2D eigenvalue weighted by Crippen LogP contribution is 2.27. The number of nitrogen functional groups attached to an aromatic ring is 1. The van der Waals surface area contributed by atoms with Gasteiger partial charge in [-0.1, -0.05) is 0 Å². The summed E-state index contributed by atoms with van der Waals surface area (Å²) in [6.07, 6.45) is 0. The van der Waals surface area contributed by atoms with Gasteiger partial charge in [-0.25, -0.2) is 4.79 Å². The number of nitrogens with two attached hydrogens (primary N) is 1. The summed E-state index contributed by atoms with van der Waals surface area (Å²) in [5.41, 5.74) is 6.67. The normalized spacial score (nSPS) is 10.5. The molecule has 132 valence electrons. The van der Waals surface area contributed by atoms with Gasteiger partial charge < -0.3 is 20.9 Å². The summed E-state index contributed by atoms with van der Waals surface area (Å²) in [7, 11) is 0. The molecule has 26 heavy (non-hydrogen) atoms. The number of ether oxygens (including phenoxy) is 1. The van der Waals surface area contributed by atoms with E-state index in [-0.39, 0.29) is 11.7 Å². The Bertz CT molecular complexity index is 995. The molecule has 7 nitrogen and oxygen atoms in total. The molecule has 5 N–H and O–H groups in total. The number of benzene rings is 2. The van der Waals surface area contributed by atoms with Crippen LogP contribution in [-0.2, 0) is 4.79 Å². The second-order valence-electron chi connectivity index (χ2n) is 5.44. The van der Waals surface area contributed by atoms with E-state index < -0.39 is 12.6 Å². The molecular weight excluding hydrogens is 354 g/mol. The summed E-state index contributed by atoms with van der Waals surface area (Å²) in [6, 6.07) is 13.6. The minimum absolute atomic E-state index is 0.0192. The van der Waals surface area contributed by atoms with Crippen LogP contribution < -0.4 is 15.8 Å². The lowest BCUT2D eigenvalue weighted by Crippen LogP contribution is -2.11. The fourth-order valence-corrected chi connectivity index (χ4v) is 3.23. The molecule has 3 aromatic rings. The maximum Gasteiger partial charge on any atom is 0.341 e. The van der Waals surface area contributed by atoms with Crippen molar-refractivity contribution in [1.82, 2.24) is 0 Å². The summed E-state index contributed by atoms with van der Waals surface area (Å²) in [5.74, 6) is -0.923. The van der Waals surface area contributed by atoms with Gasteiger partial charge in [-0.15, -0.1) is 11.3 Å². The van der Waals surface area contributed by atoms with E-state index in [1.54, 1.807) is 42.5 Å². The number of fused-ring (bicyclic) bond motifs is 1. The predicted molar refractivity (Wildman–Crippen MR) is 100 cm³/mol. The van der Waals surface area contributed by atoms with Crippen LogP contribution in [0.3, 0.4) is 0 Å². The first-order chi connectivity index (χ1) is 12.4. The van der Waals surface area contributed by atoms with Crippen LogP contribution in [0.25, 0.3) is 10.1 Å². The first kappa shape index (κ1) is 17.4. The summed E-state index contributed by atoms with van der Waals surface area (Å²) in [4.78, 5) is 23.4. The molecule has 3 rings (SSSR count). The fraction of sp³-hybridized carbons (Fsp3) is 0.0556. The number of hydrogen-bond donors (Lipinski definition) is 4. The van der Waals surface area contributed by atoms with E-state index >= 15 is 0 Å². The van der Waals surface area contributed by atoms with E-state index in [0.29, 0.717) is 21.9 Å². The van der Waals surface area contributed by atoms with Gasteiger partial charge in [-0.3, -0.25) is 10.2 Å². The lowest BCUT2D eigenvalue weighted by Gasteiger charge is -2.06. The second kappa shape index (κ2) is 7.24. The summed E-state index contributed by atoms with van der Waals surface area (Å²) < 4.78 is 5.97. The van der Waals surface area contributed by atoms with E-state index in [2.05, 4.69) is 5.32 Å².